The first-order valence-corrected chi connectivity index (χ1v) is 12.9. The molecule has 0 radical (unpaired) electrons. The van der Waals surface area contributed by atoms with E-state index in [1.165, 1.54) is 17.9 Å². The number of ether oxygens (including phenoxy) is 2. The van der Waals surface area contributed by atoms with E-state index in [0.29, 0.717) is 5.56 Å². The number of hydrogen-bond donors (Lipinski definition) is 2. The number of aromatic nitrogens is 2. The molecule has 3 aliphatic rings. The Bertz CT molecular complexity index is 1080. The largest absolute Gasteiger partial charge is 0.400 e. The minimum atomic E-state index is -1.60. The van der Waals surface area contributed by atoms with E-state index >= 15 is 0 Å². The first-order valence-electron chi connectivity index (χ1n) is 12.8. The molecule has 3 fully saturated rings. The van der Waals surface area contributed by atoms with E-state index in [-0.39, 0.29) is 32.0 Å². The molecule has 35 heavy (non-hydrogen) atoms. The fraction of sp³-hybridized carbons (Fsp3) is 0.783. The minimum Gasteiger partial charge on any atom is -0.400 e. The van der Waals surface area contributed by atoms with Gasteiger partial charge in [-0.05, 0) is 54.4 Å². The minimum absolute atomic E-state index is 0.105. The first kappa shape index (κ1) is 25.0. The molecule has 0 amide bonds. The smallest absolute Gasteiger partial charge is 0.330 e. The highest BCUT2D eigenvalue weighted by Gasteiger charge is 2.77. The van der Waals surface area contributed by atoms with Crippen LogP contribution in [-0.2, 0) is 18.5 Å². The van der Waals surface area contributed by atoms with Gasteiger partial charge < -0.3 is 23.6 Å². The van der Waals surface area contributed by atoms with Gasteiger partial charge in [0, 0.05) is 32.3 Å². The molecular formula is C23H37N4O7P. The summed E-state index contributed by atoms with van der Waals surface area (Å²) in [6.45, 7) is 9.94. The van der Waals surface area contributed by atoms with Gasteiger partial charge in [-0.15, -0.1) is 0 Å². The number of nitrogens with zero attached hydrogens (tertiary/aromatic N) is 3. The second kappa shape index (κ2) is 10.8. The number of nitrogens with one attached hydrogen (secondary N) is 1. The van der Waals surface area contributed by atoms with E-state index in [0.717, 1.165) is 12.8 Å². The zero-order chi connectivity index (χ0) is 27.5. The molecule has 1 unspecified atom stereocenters. The number of aromatic amines is 1. The maximum absolute atomic E-state index is 12.6. The van der Waals surface area contributed by atoms with Crippen LogP contribution in [0.4, 0.5) is 0 Å². The molecule has 2 bridgehead atoms. The first-order chi connectivity index (χ1) is 17.5. The van der Waals surface area contributed by atoms with Crippen molar-refractivity contribution in [3.63, 3.8) is 0 Å². The number of fused-ring (bicyclic) bond motifs is 3. The maximum Gasteiger partial charge on any atom is 0.330 e. The molecule has 1 spiro atoms. The summed E-state index contributed by atoms with van der Waals surface area (Å²) in [5.41, 5.74) is -2.36. The summed E-state index contributed by atoms with van der Waals surface area (Å²) in [6, 6.07) is 2.31. The van der Waals surface area contributed by atoms with Gasteiger partial charge in [-0.3, -0.25) is 14.3 Å². The van der Waals surface area contributed by atoms with Gasteiger partial charge in [0.25, 0.3) is 14.1 Å². The van der Waals surface area contributed by atoms with Crippen LogP contribution in [0.3, 0.4) is 0 Å². The predicted octanol–water partition coefficient (Wildman–Crippen LogP) is 2.33. The van der Waals surface area contributed by atoms with Crippen LogP contribution in [0, 0.1) is 18.3 Å². The lowest BCUT2D eigenvalue weighted by Crippen LogP contribution is -2.48. The maximum atomic E-state index is 12.6. The fourth-order valence-electron chi connectivity index (χ4n) is 4.79. The van der Waals surface area contributed by atoms with Crippen molar-refractivity contribution in [2.45, 2.75) is 103 Å². The molecule has 1 aromatic rings. The van der Waals surface area contributed by atoms with Gasteiger partial charge in [-0.25, -0.2) is 9.46 Å². The average Bonchev–Trinajstić information content (AvgIpc) is 3.47. The second-order valence-corrected chi connectivity index (χ2v) is 10.9. The van der Waals surface area contributed by atoms with Gasteiger partial charge in [0.2, 0.25) is 1.43 Å². The molecule has 3 heterocycles. The number of H-pyrrole nitrogens is 1. The predicted molar refractivity (Wildman–Crippen MR) is 130 cm³/mol. The standard InChI is InChI=1S/C22H33N4O6P.CH4O/c1-13(2)26(14(3)4)33(29-11-7-10-23)32-17-16-19(25-12-15(5)18(27)24-20(25)28)31-21(17,6)22(30-16)8-9-22;1-2/h12-14,16-17,19H,7-9,11H2,1-6H3,(H,24,27,28);2H,1H3/t16-,17+,19-,21-,33?;/m1./s1/i6D;2T. The Morgan fingerprint density at radius 1 is 1.43 bits per heavy atom. The Labute approximate surface area is 209 Å². The molecule has 2 saturated heterocycles. The molecule has 2 N–H and O–H groups in total. The molecule has 2 aliphatic heterocycles. The Balaban J connectivity index is 0.00000121. The normalized spacial score (nSPS) is 29.7. The summed E-state index contributed by atoms with van der Waals surface area (Å²) >= 11 is 0. The van der Waals surface area contributed by atoms with Gasteiger partial charge in [-0.2, -0.15) is 5.26 Å². The Morgan fingerprint density at radius 2 is 2.09 bits per heavy atom. The van der Waals surface area contributed by atoms with Crippen molar-refractivity contribution < 1.29 is 25.0 Å². The van der Waals surface area contributed by atoms with Crippen molar-refractivity contribution in [3.05, 3.63) is 32.6 Å². The summed E-state index contributed by atoms with van der Waals surface area (Å²) in [5.74, 6) is 0. The summed E-state index contributed by atoms with van der Waals surface area (Å²) in [7, 11) is -0.312. The van der Waals surface area contributed by atoms with E-state index in [1.54, 1.807) is 6.92 Å². The summed E-state index contributed by atoms with van der Waals surface area (Å²) in [4.78, 5) is 26.9. The molecule has 1 saturated carbocycles. The van der Waals surface area contributed by atoms with Gasteiger partial charge in [0.15, 0.2) is 6.23 Å². The van der Waals surface area contributed by atoms with Crippen LogP contribution in [-0.4, -0.2) is 70.0 Å². The van der Waals surface area contributed by atoms with Crippen LogP contribution in [0.25, 0.3) is 0 Å². The van der Waals surface area contributed by atoms with E-state index < -0.39 is 49.4 Å². The number of nitriles is 1. The molecule has 196 valence electrons. The quantitative estimate of drug-likeness (QED) is 0.375. The second-order valence-electron chi connectivity index (χ2n) is 9.53. The zero-order valence-electron chi connectivity index (χ0n) is 23.1. The highest BCUT2D eigenvalue weighted by atomic mass is 31.2. The number of aliphatic hydroxyl groups is 1. The monoisotopic (exact) mass is 515 g/mol. The van der Waals surface area contributed by atoms with Crippen LogP contribution in [0.2, 0.25) is 0 Å². The third-order valence-corrected chi connectivity index (χ3v) is 8.60. The van der Waals surface area contributed by atoms with Gasteiger partial charge in [-0.1, -0.05) is 0 Å². The highest BCUT2D eigenvalue weighted by molar-refractivity contribution is 7.44. The average molecular weight is 516 g/mol. The molecule has 1 aliphatic carbocycles. The molecule has 12 heteroatoms. The Morgan fingerprint density at radius 3 is 2.63 bits per heavy atom. The summed E-state index contributed by atoms with van der Waals surface area (Å²) in [6.07, 6.45) is 1.05. The van der Waals surface area contributed by atoms with Gasteiger partial charge in [0.1, 0.15) is 23.4 Å². The number of rotatable bonds is 9. The van der Waals surface area contributed by atoms with E-state index in [2.05, 4.69) is 48.5 Å². The molecular weight excluding hydrogens is 475 g/mol. The van der Waals surface area contributed by atoms with E-state index in [1.807, 2.05) is 0 Å². The summed E-state index contributed by atoms with van der Waals surface area (Å²) in [5, 5.41) is 12.5. The van der Waals surface area contributed by atoms with E-state index in [4.69, 9.17) is 26.6 Å². The lowest BCUT2D eigenvalue weighted by atomic mass is 9.93. The number of aryl methyl sites for hydroxylation is 1. The van der Waals surface area contributed by atoms with Crippen molar-refractivity contribution in [1.29, 1.82) is 6.69 Å². The molecule has 4 rings (SSSR count). The Kier molecular flexibility index (Phi) is 7.70. The van der Waals surface area contributed by atoms with Crippen molar-refractivity contribution in [2.75, 3.05) is 13.7 Å². The van der Waals surface area contributed by atoms with Crippen LogP contribution < -0.4 is 11.2 Å². The van der Waals surface area contributed by atoms with Gasteiger partial charge >= 0.3 is 5.69 Å². The molecule has 1 aromatic heterocycles. The number of hydrogen-bond acceptors (Lipinski definition) is 9. The van der Waals surface area contributed by atoms with Crippen LogP contribution in [0.5, 0.6) is 0 Å². The fourth-order valence-corrected chi connectivity index (χ4v) is 6.58. The topological polar surface area (TPSA) is 139 Å². The zero-order valence-corrected chi connectivity index (χ0v) is 22.0. The lowest BCUT2D eigenvalue weighted by molar-refractivity contribution is -0.218. The molecule has 5 atom stereocenters. The third-order valence-electron chi connectivity index (χ3n) is 6.49. The molecule has 0 aromatic carbocycles. The van der Waals surface area contributed by atoms with Crippen molar-refractivity contribution in [2.24, 2.45) is 0 Å². The highest BCUT2D eigenvalue weighted by Crippen LogP contribution is 2.67. The van der Waals surface area contributed by atoms with E-state index in [9.17, 15) is 9.59 Å². The molecule has 11 nitrogen and oxygen atoms in total. The van der Waals surface area contributed by atoms with Gasteiger partial charge in [0.05, 0.1) is 19.1 Å². The Hall–Kier alpha value is -1.64. The van der Waals surface area contributed by atoms with Crippen LogP contribution in [0.15, 0.2) is 15.8 Å². The van der Waals surface area contributed by atoms with Crippen molar-refractivity contribution in [3.8, 4) is 6.07 Å². The van der Waals surface area contributed by atoms with Crippen molar-refractivity contribution in [1.82, 2.24) is 14.2 Å². The summed E-state index contributed by atoms with van der Waals surface area (Å²) < 4.78 is 43.3. The lowest BCUT2D eigenvalue weighted by Gasteiger charge is -2.39. The van der Waals surface area contributed by atoms with Crippen molar-refractivity contribution >= 4 is 8.53 Å². The third kappa shape index (κ3) is 4.98. The van der Waals surface area contributed by atoms with Crippen LogP contribution >= 0.6 is 8.53 Å². The number of aliphatic hydroxyl groups excluding tert-OH is 1. The van der Waals surface area contributed by atoms with Crippen LogP contribution in [0.1, 0.15) is 67.0 Å². The SMILES string of the molecule is [2H]C[C@]12O[C@@H](n3cc(C)c(=O)[nH]c3=O)[C@H](OC13CC3)[C@@H]2OP(OCCC#N)N(C(C)C)C(C)C.[3H]OC.